The van der Waals surface area contributed by atoms with Crippen molar-refractivity contribution in [2.75, 3.05) is 0 Å². The smallest absolute Gasteiger partial charge is 0.190 e. The summed E-state index contributed by atoms with van der Waals surface area (Å²) in [6, 6.07) is 0. The maximum atomic E-state index is 11.7. The molecular weight excluding hydrogens is 116 g/mol. The van der Waals surface area contributed by atoms with Crippen molar-refractivity contribution in [3.63, 3.8) is 0 Å². The predicted octanol–water partition coefficient (Wildman–Crippen LogP) is -0.0500. The minimum Gasteiger partial charge on any atom is -0.190 e. The van der Waals surface area contributed by atoms with Crippen molar-refractivity contribution >= 4 is 0 Å². The van der Waals surface area contributed by atoms with Gasteiger partial charge in [0.2, 0.25) is 6.33 Å². The third-order valence-electron chi connectivity index (χ3n) is 0.501. The molecule has 0 aliphatic rings. The number of hydrogen-bond acceptors (Lipinski definition) is 3. The summed E-state index contributed by atoms with van der Waals surface area (Å²) in [6.45, 7) is 0. The third-order valence-corrected chi connectivity index (χ3v) is 0.501. The van der Waals surface area contributed by atoms with E-state index < -0.39 is 11.9 Å². The van der Waals surface area contributed by atoms with Gasteiger partial charge in [-0.3, -0.25) is 0 Å². The number of rotatable bonds is 0. The summed E-state index contributed by atoms with van der Waals surface area (Å²) < 4.78 is 23.4. The first kappa shape index (κ1) is 5.02. The Kier molecular flexibility index (Phi) is 1.11. The summed E-state index contributed by atoms with van der Waals surface area (Å²) in [7, 11) is 0. The van der Waals surface area contributed by atoms with E-state index in [2.05, 4.69) is 15.2 Å². The molecule has 0 spiro atoms. The molecule has 0 saturated carbocycles. The first-order chi connectivity index (χ1) is 3.80. The predicted molar refractivity (Wildman–Crippen MR) is 18.6 cm³/mol. The zero-order valence-electron chi connectivity index (χ0n) is 3.60. The Hall–Kier alpha value is -1.13. The van der Waals surface area contributed by atoms with E-state index in [0.717, 1.165) is 0 Å². The summed E-state index contributed by atoms with van der Waals surface area (Å²) >= 11 is 0. The van der Waals surface area contributed by atoms with Crippen molar-refractivity contribution in [3.05, 3.63) is 18.2 Å². The molecule has 0 saturated heterocycles. The van der Waals surface area contributed by atoms with Gasteiger partial charge in [-0.15, -0.1) is 10.2 Å². The lowest BCUT2D eigenvalue weighted by Gasteiger charge is -1.81. The maximum Gasteiger partial charge on any atom is 0.288 e. The average Bonchev–Trinajstić information content (AvgIpc) is 1.77. The van der Waals surface area contributed by atoms with E-state index in [-0.39, 0.29) is 0 Å². The summed E-state index contributed by atoms with van der Waals surface area (Å²) in [6.07, 6.45) is 1.78. The molecule has 0 atom stereocenters. The van der Waals surface area contributed by atoms with Crippen LogP contribution in [0.3, 0.4) is 0 Å². The molecule has 0 N–H and O–H groups in total. The molecule has 3 nitrogen and oxygen atoms in total. The van der Waals surface area contributed by atoms with Gasteiger partial charge < -0.3 is 0 Å². The highest BCUT2D eigenvalue weighted by Crippen LogP contribution is 1.90. The average molecular weight is 116 g/mol. The van der Waals surface area contributed by atoms with Gasteiger partial charge in [0.15, 0.2) is 0 Å². The van der Waals surface area contributed by atoms with E-state index in [4.69, 9.17) is 0 Å². The third kappa shape index (κ3) is 0.749. The quantitative estimate of drug-likeness (QED) is 0.477. The minimum absolute atomic E-state index is 1.28. The SMILES string of the molecule is Fc1n[c]nnc1F. The lowest BCUT2D eigenvalue weighted by Crippen LogP contribution is -1.94. The van der Waals surface area contributed by atoms with Gasteiger partial charge in [-0.1, -0.05) is 0 Å². The highest BCUT2D eigenvalue weighted by molar-refractivity contribution is 4.71. The highest BCUT2D eigenvalue weighted by atomic mass is 19.2. The van der Waals surface area contributed by atoms with Gasteiger partial charge in [0.25, 0.3) is 11.9 Å². The lowest BCUT2D eigenvalue weighted by molar-refractivity contribution is 0.435. The molecule has 0 bridgehead atoms. The molecule has 0 aliphatic heterocycles. The van der Waals surface area contributed by atoms with Crippen LogP contribution in [0.1, 0.15) is 0 Å². The van der Waals surface area contributed by atoms with Gasteiger partial charge in [-0.25, -0.2) is 0 Å². The topological polar surface area (TPSA) is 38.7 Å². The molecule has 1 aromatic rings. The molecule has 0 amide bonds. The molecule has 1 rings (SSSR count). The molecule has 1 radical (unpaired) electrons. The van der Waals surface area contributed by atoms with Crippen LogP contribution in [0.25, 0.3) is 0 Å². The Labute approximate surface area is 43.4 Å². The van der Waals surface area contributed by atoms with Crippen LogP contribution in [0.5, 0.6) is 0 Å². The van der Waals surface area contributed by atoms with Crippen LogP contribution in [-0.4, -0.2) is 15.2 Å². The fourth-order valence-corrected chi connectivity index (χ4v) is 0.220. The van der Waals surface area contributed by atoms with E-state index in [1.54, 1.807) is 6.33 Å². The molecule has 1 heterocycles. The van der Waals surface area contributed by atoms with Crippen LogP contribution in [-0.2, 0) is 0 Å². The second-order valence-corrected chi connectivity index (χ2v) is 0.993. The number of halogens is 2. The summed E-state index contributed by atoms with van der Waals surface area (Å²) in [5, 5.41) is 5.51. The first-order valence-corrected chi connectivity index (χ1v) is 1.72. The largest absolute Gasteiger partial charge is 0.288 e. The second kappa shape index (κ2) is 1.77. The first-order valence-electron chi connectivity index (χ1n) is 1.72. The van der Waals surface area contributed by atoms with Crippen molar-refractivity contribution in [1.82, 2.24) is 15.2 Å². The van der Waals surface area contributed by atoms with Crippen molar-refractivity contribution in [3.8, 4) is 0 Å². The van der Waals surface area contributed by atoms with Crippen molar-refractivity contribution in [1.29, 1.82) is 0 Å². The standard InChI is InChI=1S/C3F2N3/c4-2-3(5)8-7-1-6-2. The van der Waals surface area contributed by atoms with E-state index >= 15 is 0 Å². The zero-order chi connectivity index (χ0) is 5.98. The monoisotopic (exact) mass is 116 g/mol. The van der Waals surface area contributed by atoms with Gasteiger partial charge in [0.05, 0.1) is 0 Å². The van der Waals surface area contributed by atoms with Crippen LogP contribution in [0.15, 0.2) is 0 Å². The Bertz CT molecular complexity index is 169. The van der Waals surface area contributed by atoms with Crippen LogP contribution in [0.4, 0.5) is 8.78 Å². The summed E-state index contributed by atoms with van der Waals surface area (Å²) in [4.78, 5) is 2.74. The van der Waals surface area contributed by atoms with E-state index in [1.807, 2.05) is 0 Å². The number of hydrogen-bond donors (Lipinski definition) is 0. The number of nitrogens with zero attached hydrogens (tertiary/aromatic N) is 3. The van der Waals surface area contributed by atoms with Crippen LogP contribution in [0, 0.1) is 18.2 Å². The summed E-state index contributed by atoms with van der Waals surface area (Å²) in [5.74, 6) is -2.58. The van der Waals surface area contributed by atoms with Crippen molar-refractivity contribution in [2.24, 2.45) is 0 Å². The van der Waals surface area contributed by atoms with Gasteiger partial charge in [0, 0.05) is 0 Å². The fourth-order valence-electron chi connectivity index (χ4n) is 0.220. The molecule has 41 valence electrons. The Balaban J connectivity index is 3.13. The summed E-state index contributed by atoms with van der Waals surface area (Å²) in [5.41, 5.74) is 0. The highest BCUT2D eigenvalue weighted by Gasteiger charge is 1.99. The molecule has 0 fully saturated rings. The fraction of sp³-hybridized carbons (Fsp3) is 0. The molecule has 8 heavy (non-hydrogen) atoms. The Morgan fingerprint density at radius 1 is 1.25 bits per heavy atom. The maximum absolute atomic E-state index is 11.7. The zero-order valence-corrected chi connectivity index (χ0v) is 3.60. The van der Waals surface area contributed by atoms with E-state index in [0.29, 0.717) is 0 Å². The van der Waals surface area contributed by atoms with E-state index in [1.165, 1.54) is 0 Å². The molecule has 0 aliphatic carbocycles. The van der Waals surface area contributed by atoms with Crippen LogP contribution < -0.4 is 0 Å². The molecular formula is C3F2N3. The van der Waals surface area contributed by atoms with Crippen molar-refractivity contribution in [2.45, 2.75) is 0 Å². The second-order valence-electron chi connectivity index (χ2n) is 0.993. The van der Waals surface area contributed by atoms with Crippen LogP contribution in [0.2, 0.25) is 0 Å². The van der Waals surface area contributed by atoms with Gasteiger partial charge in [-0.05, 0) is 0 Å². The normalized spacial score (nSPS) is 9.25. The van der Waals surface area contributed by atoms with Crippen molar-refractivity contribution < 1.29 is 8.78 Å². The van der Waals surface area contributed by atoms with Gasteiger partial charge in [-0.2, -0.15) is 13.8 Å². The molecule has 0 aromatic carbocycles. The molecule has 1 aromatic heterocycles. The Morgan fingerprint density at radius 3 is 2.38 bits per heavy atom. The minimum atomic E-state index is -1.30. The number of aromatic nitrogens is 3. The Morgan fingerprint density at radius 2 is 2.00 bits per heavy atom. The van der Waals surface area contributed by atoms with Gasteiger partial charge >= 0.3 is 0 Å². The van der Waals surface area contributed by atoms with Gasteiger partial charge in [0.1, 0.15) is 0 Å². The molecule has 0 unspecified atom stereocenters. The lowest BCUT2D eigenvalue weighted by atomic mass is 10.8. The van der Waals surface area contributed by atoms with E-state index in [9.17, 15) is 8.78 Å². The molecule has 5 heteroatoms. The van der Waals surface area contributed by atoms with Crippen LogP contribution >= 0.6 is 0 Å².